The standard InChI is InChI=1S/C12H12IN3O/c1-2-8-7-11(16-15-8)14-12(17)9-5-3-4-6-10(9)13/h3-7H,2H2,1H3,(H2,14,15,16,17). The Kier molecular flexibility index (Phi) is 3.78. The van der Waals surface area contributed by atoms with Crippen molar-refractivity contribution in [2.24, 2.45) is 0 Å². The molecule has 0 saturated carbocycles. The zero-order valence-corrected chi connectivity index (χ0v) is 11.5. The van der Waals surface area contributed by atoms with E-state index in [-0.39, 0.29) is 5.91 Å². The molecule has 0 unspecified atom stereocenters. The number of anilines is 1. The molecule has 88 valence electrons. The highest BCUT2D eigenvalue weighted by Crippen LogP contribution is 2.14. The van der Waals surface area contributed by atoms with Crippen molar-refractivity contribution < 1.29 is 4.79 Å². The number of halogens is 1. The zero-order valence-electron chi connectivity index (χ0n) is 9.33. The summed E-state index contributed by atoms with van der Waals surface area (Å²) in [7, 11) is 0. The van der Waals surface area contributed by atoms with Crippen molar-refractivity contribution >= 4 is 34.3 Å². The summed E-state index contributed by atoms with van der Waals surface area (Å²) in [4.78, 5) is 12.0. The van der Waals surface area contributed by atoms with Gasteiger partial charge in [-0.3, -0.25) is 9.89 Å². The van der Waals surface area contributed by atoms with Gasteiger partial charge >= 0.3 is 0 Å². The third-order valence-electron chi connectivity index (χ3n) is 2.37. The minimum Gasteiger partial charge on any atom is -0.305 e. The number of carbonyl (C=O) groups excluding carboxylic acids is 1. The average molecular weight is 341 g/mol. The number of nitrogens with zero attached hydrogens (tertiary/aromatic N) is 1. The van der Waals surface area contributed by atoms with Gasteiger partial charge in [0.2, 0.25) is 0 Å². The Balaban J connectivity index is 2.14. The first kappa shape index (κ1) is 12.1. The Morgan fingerprint density at radius 2 is 2.24 bits per heavy atom. The number of H-pyrrole nitrogens is 1. The van der Waals surface area contributed by atoms with Gasteiger partial charge in [0.05, 0.1) is 5.56 Å². The Hall–Kier alpha value is -1.37. The highest BCUT2D eigenvalue weighted by molar-refractivity contribution is 14.1. The van der Waals surface area contributed by atoms with Crippen LogP contribution in [0.5, 0.6) is 0 Å². The van der Waals surface area contributed by atoms with Gasteiger partial charge in [-0.05, 0) is 41.1 Å². The third kappa shape index (κ3) is 2.85. The number of carbonyl (C=O) groups is 1. The first-order chi connectivity index (χ1) is 8.20. The maximum atomic E-state index is 12.0. The monoisotopic (exact) mass is 341 g/mol. The second kappa shape index (κ2) is 5.31. The Bertz CT molecular complexity index is 536. The minimum absolute atomic E-state index is 0.135. The van der Waals surface area contributed by atoms with Crippen molar-refractivity contribution in [1.82, 2.24) is 10.2 Å². The summed E-state index contributed by atoms with van der Waals surface area (Å²) < 4.78 is 0.925. The van der Waals surface area contributed by atoms with Crippen LogP contribution >= 0.6 is 22.6 Å². The fourth-order valence-electron chi connectivity index (χ4n) is 1.44. The lowest BCUT2D eigenvalue weighted by atomic mass is 10.2. The summed E-state index contributed by atoms with van der Waals surface area (Å²) >= 11 is 2.14. The van der Waals surface area contributed by atoms with Gasteiger partial charge in [0.25, 0.3) is 5.91 Å². The molecular formula is C12H12IN3O. The van der Waals surface area contributed by atoms with Crippen LogP contribution in [0.4, 0.5) is 5.82 Å². The van der Waals surface area contributed by atoms with Crippen molar-refractivity contribution in [3.8, 4) is 0 Å². The SMILES string of the molecule is CCc1cc(NC(=O)c2ccccc2I)n[nH]1. The van der Waals surface area contributed by atoms with Gasteiger partial charge in [-0.2, -0.15) is 5.10 Å². The Morgan fingerprint density at radius 1 is 1.47 bits per heavy atom. The summed E-state index contributed by atoms with van der Waals surface area (Å²) in [5.74, 6) is 0.427. The molecule has 1 amide bonds. The van der Waals surface area contributed by atoms with Gasteiger partial charge in [-0.1, -0.05) is 19.1 Å². The number of aromatic nitrogens is 2. The lowest BCUT2D eigenvalue weighted by molar-refractivity contribution is 0.102. The molecule has 0 fully saturated rings. The van der Waals surface area contributed by atoms with Gasteiger partial charge < -0.3 is 5.32 Å². The number of benzene rings is 1. The normalized spacial score (nSPS) is 10.2. The molecule has 4 nitrogen and oxygen atoms in total. The molecule has 0 aliphatic heterocycles. The van der Waals surface area contributed by atoms with Crippen molar-refractivity contribution in [3.05, 3.63) is 45.2 Å². The predicted molar refractivity (Wildman–Crippen MR) is 75.1 cm³/mol. The molecule has 1 aromatic carbocycles. The molecule has 2 N–H and O–H groups in total. The van der Waals surface area contributed by atoms with E-state index < -0.39 is 0 Å². The molecule has 2 aromatic rings. The summed E-state index contributed by atoms with van der Waals surface area (Å²) in [5.41, 5.74) is 1.66. The van der Waals surface area contributed by atoms with Crippen LogP contribution in [-0.2, 0) is 6.42 Å². The highest BCUT2D eigenvalue weighted by atomic mass is 127. The number of hydrogen-bond donors (Lipinski definition) is 2. The lowest BCUT2D eigenvalue weighted by Gasteiger charge is -2.03. The van der Waals surface area contributed by atoms with Crippen LogP contribution in [0.15, 0.2) is 30.3 Å². The number of nitrogens with one attached hydrogen (secondary N) is 2. The molecule has 17 heavy (non-hydrogen) atoms. The number of aryl methyl sites for hydroxylation is 1. The lowest BCUT2D eigenvalue weighted by Crippen LogP contribution is -2.13. The molecule has 0 atom stereocenters. The summed E-state index contributed by atoms with van der Waals surface area (Å²) in [5, 5.41) is 9.65. The average Bonchev–Trinajstić information content (AvgIpc) is 2.77. The maximum Gasteiger partial charge on any atom is 0.257 e. The van der Waals surface area contributed by atoms with E-state index in [1.54, 1.807) is 6.07 Å². The largest absolute Gasteiger partial charge is 0.305 e. The number of aromatic amines is 1. The molecule has 5 heteroatoms. The zero-order chi connectivity index (χ0) is 12.3. The van der Waals surface area contributed by atoms with Crippen molar-refractivity contribution in [3.63, 3.8) is 0 Å². The molecule has 0 saturated heterocycles. The van der Waals surface area contributed by atoms with E-state index in [0.29, 0.717) is 11.4 Å². The van der Waals surface area contributed by atoms with Crippen LogP contribution in [0.1, 0.15) is 23.0 Å². The quantitative estimate of drug-likeness (QED) is 0.844. The number of hydrogen-bond acceptors (Lipinski definition) is 2. The van der Waals surface area contributed by atoms with Crippen LogP contribution in [-0.4, -0.2) is 16.1 Å². The van der Waals surface area contributed by atoms with E-state index in [9.17, 15) is 4.79 Å². The minimum atomic E-state index is -0.135. The van der Waals surface area contributed by atoms with Crippen molar-refractivity contribution in [2.75, 3.05) is 5.32 Å². The molecule has 0 aliphatic carbocycles. The summed E-state index contributed by atoms with van der Waals surface area (Å²) in [6, 6.07) is 9.29. The Labute approximate surface area is 113 Å². The summed E-state index contributed by atoms with van der Waals surface area (Å²) in [6.07, 6.45) is 0.867. The number of amides is 1. The summed E-state index contributed by atoms with van der Waals surface area (Å²) in [6.45, 7) is 2.03. The van der Waals surface area contributed by atoms with E-state index in [1.165, 1.54) is 0 Å². The first-order valence-electron chi connectivity index (χ1n) is 5.31. The molecular weight excluding hydrogens is 329 g/mol. The predicted octanol–water partition coefficient (Wildman–Crippen LogP) is 2.83. The van der Waals surface area contributed by atoms with Crippen LogP contribution in [0.2, 0.25) is 0 Å². The first-order valence-corrected chi connectivity index (χ1v) is 6.38. The second-order valence-corrected chi connectivity index (χ2v) is 4.73. The molecule has 0 spiro atoms. The third-order valence-corrected chi connectivity index (χ3v) is 3.31. The van der Waals surface area contributed by atoms with E-state index in [0.717, 1.165) is 15.7 Å². The molecule has 0 radical (unpaired) electrons. The van der Waals surface area contributed by atoms with Gasteiger partial charge in [0, 0.05) is 15.3 Å². The van der Waals surface area contributed by atoms with Gasteiger partial charge in [0.1, 0.15) is 0 Å². The molecule has 1 heterocycles. The van der Waals surface area contributed by atoms with E-state index >= 15 is 0 Å². The van der Waals surface area contributed by atoms with Crippen molar-refractivity contribution in [2.45, 2.75) is 13.3 Å². The molecule has 0 aliphatic rings. The fourth-order valence-corrected chi connectivity index (χ4v) is 2.07. The number of rotatable bonds is 3. The topological polar surface area (TPSA) is 57.8 Å². The van der Waals surface area contributed by atoms with Crippen LogP contribution < -0.4 is 5.32 Å². The van der Waals surface area contributed by atoms with Crippen molar-refractivity contribution in [1.29, 1.82) is 0 Å². The van der Waals surface area contributed by atoms with Crippen LogP contribution in [0.3, 0.4) is 0 Å². The van der Waals surface area contributed by atoms with Gasteiger partial charge in [-0.15, -0.1) is 0 Å². The van der Waals surface area contributed by atoms with Gasteiger partial charge in [0.15, 0.2) is 5.82 Å². The molecule has 2 rings (SSSR count). The Morgan fingerprint density at radius 3 is 2.88 bits per heavy atom. The van der Waals surface area contributed by atoms with E-state index in [2.05, 4.69) is 38.1 Å². The van der Waals surface area contributed by atoms with Crippen LogP contribution in [0, 0.1) is 3.57 Å². The molecule has 1 aromatic heterocycles. The van der Waals surface area contributed by atoms with Crippen LogP contribution in [0.25, 0.3) is 0 Å². The smallest absolute Gasteiger partial charge is 0.257 e. The van der Waals surface area contributed by atoms with E-state index in [1.807, 2.05) is 31.2 Å². The molecule has 0 bridgehead atoms. The van der Waals surface area contributed by atoms with E-state index in [4.69, 9.17) is 0 Å². The maximum absolute atomic E-state index is 12.0. The van der Waals surface area contributed by atoms with Gasteiger partial charge in [-0.25, -0.2) is 0 Å². The second-order valence-electron chi connectivity index (χ2n) is 3.57. The highest BCUT2D eigenvalue weighted by Gasteiger charge is 2.10. The fraction of sp³-hybridized carbons (Fsp3) is 0.167.